The van der Waals surface area contributed by atoms with E-state index in [1.165, 1.54) is 0 Å². The number of carboxylic acid groups (broad SMARTS) is 1. The number of anilines is 4. The number of carboxylic acids is 1. The van der Waals surface area contributed by atoms with E-state index in [1.54, 1.807) is 32.7 Å². The summed E-state index contributed by atoms with van der Waals surface area (Å²) in [4.78, 5) is 22.2. The molecule has 0 bridgehead atoms. The van der Waals surface area contributed by atoms with Gasteiger partial charge in [0.15, 0.2) is 11.5 Å². The summed E-state index contributed by atoms with van der Waals surface area (Å²) >= 11 is 0. The van der Waals surface area contributed by atoms with Gasteiger partial charge in [-0.3, -0.25) is 4.98 Å². The lowest BCUT2D eigenvalue weighted by molar-refractivity contribution is -0.192. The number of hydrogen-bond donors (Lipinski definition) is 3. The van der Waals surface area contributed by atoms with Crippen molar-refractivity contribution in [1.29, 1.82) is 0 Å². The number of ether oxygens (including phenoxy) is 2. The lowest BCUT2D eigenvalue weighted by Gasteiger charge is -2.12. The molecular formula is C25H26F3N7O4. The molecule has 0 aliphatic rings. The number of methoxy groups -OCH3 is 2. The van der Waals surface area contributed by atoms with Gasteiger partial charge in [-0.1, -0.05) is 0 Å². The van der Waals surface area contributed by atoms with Gasteiger partial charge in [0.05, 0.1) is 31.8 Å². The molecule has 0 fully saturated rings. The van der Waals surface area contributed by atoms with Crippen molar-refractivity contribution in [3.05, 3.63) is 65.7 Å². The third-order valence-electron chi connectivity index (χ3n) is 5.28. The lowest BCUT2D eigenvalue weighted by Crippen LogP contribution is -2.21. The van der Waals surface area contributed by atoms with E-state index in [1.807, 2.05) is 55.8 Å². The van der Waals surface area contributed by atoms with Gasteiger partial charge in [-0.15, -0.1) is 0 Å². The first-order valence-electron chi connectivity index (χ1n) is 11.3. The molecule has 0 radical (unpaired) electrons. The first-order valence-corrected chi connectivity index (χ1v) is 11.3. The van der Waals surface area contributed by atoms with Crippen LogP contribution in [0.5, 0.6) is 11.5 Å². The Labute approximate surface area is 221 Å². The summed E-state index contributed by atoms with van der Waals surface area (Å²) < 4.78 is 44.2. The summed E-state index contributed by atoms with van der Waals surface area (Å²) in [5.74, 6) is 0.413. The van der Waals surface area contributed by atoms with Crippen LogP contribution in [-0.2, 0) is 4.79 Å². The number of rotatable bonds is 7. The fourth-order valence-electron chi connectivity index (χ4n) is 3.18. The van der Waals surface area contributed by atoms with Crippen LogP contribution in [0.25, 0.3) is 5.69 Å². The molecule has 1 aromatic carbocycles. The van der Waals surface area contributed by atoms with Gasteiger partial charge in [-0.2, -0.15) is 23.3 Å². The smallest absolute Gasteiger partial charge is 0.490 e. The zero-order valence-corrected chi connectivity index (χ0v) is 21.7. The van der Waals surface area contributed by atoms with E-state index < -0.39 is 12.1 Å². The number of hydrogen-bond acceptors (Lipinski definition) is 9. The van der Waals surface area contributed by atoms with E-state index in [0.717, 1.165) is 34.1 Å². The van der Waals surface area contributed by atoms with Gasteiger partial charge in [0.2, 0.25) is 5.95 Å². The van der Waals surface area contributed by atoms with Gasteiger partial charge in [-0.25, -0.2) is 14.5 Å². The standard InChI is InChI=1S/C23H25N7O2.C2HF3O2/c1-14-6-8-18(13-25-14)30-22(15(2)16(3)29-30)27-21-10-11-24-23(28-21)26-17-7-9-19(31-4)20(12-17)32-5;3-2(4,5)1(6)7/h6-13H,1-5H3,(H2,24,26,27,28);(H,6,7). The summed E-state index contributed by atoms with van der Waals surface area (Å²) in [5, 5.41) is 18.4. The molecule has 0 saturated heterocycles. The third-order valence-corrected chi connectivity index (χ3v) is 5.28. The molecule has 0 unspecified atom stereocenters. The van der Waals surface area contributed by atoms with Gasteiger partial charge in [-0.05, 0) is 51.1 Å². The van der Waals surface area contributed by atoms with Gasteiger partial charge in [0, 0.05) is 29.2 Å². The van der Waals surface area contributed by atoms with E-state index >= 15 is 0 Å². The van der Waals surface area contributed by atoms with E-state index in [0.29, 0.717) is 23.3 Å². The molecule has 3 heterocycles. The molecule has 0 saturated carbocycles. The molecule has 0 spiro atoms. The first-order chi connectivity index (χ1) is 18.4. The number of nitrogens with one attached hydrogen (secondary N) is 2. The van der Waals surface area contributed by atoms with Crippen LogP contribution >= 0.6 is 0 Å². The van der Waals surface area contributed by atoms with Crippen molar-refractivity contribution >= 4 is 29.2 Å². The average molecular weight is 546 g/mol. The van der Waals surface area contributed by atoms with Crippen molar-refractivity contribution < 1.29 is 32.5 Å². The number of pyridine rings is 1. The minimum Gasteiger partial charge on any atom is -0.493 e. The Balaban J connectivity index is 0.000000532. The summed E-state index contributed by atoms with van der Waals surface area (Å²) in [6.07, 6.45) is -1.59. The Kier molecular flexibility index (Phi) is 8.91. The average Bonchev–Trinajstić information content (AvgIpc) is 3.17. The lowest BCUT2D eigenvalue weighted by atomic mass is 10.2. The van der Waals surface area contributed by atoms with Crippen molar-refractivity contribution in [2.75, 3.05) is 24.9 Å². The van der Waals surface area contributed by atoms with Crippen LogP contribution in [0.4, 0.5) is 36.4 Å². The van der Waals surface area contributed by atoms with Crippen LogP contribution in [0.15, 0.2) is 48.8 Å². The number of aromatic nitrogens is 5. The molecule has 3 aromatic heterocycles. The van der Waals surface area contributed by atoms with Crippen molar-refractivity contribution in [1.82, 2.24) is 24.7 Å². The SMILES string of the molecule is COc1ccc(Nc2nccc(Nc3c(C)c(C)nn3-c3ccc(C)nc3)n2)cc1OC.O=C(O)C(F)(F)F. The summed E-state index contributed by atoms with van der Waals surface area (Å²) in [6, 6.07) is 11.3. The summed E-state index contributed by atoms with van der Waals surface area (Å²) in [6.45, 7) is 5.95. The maximum Gasteiger partial charge on any atom is 0.490 e. The minimum atomic E-state index is -5.08. The van der Waals surface area contributed by atoms with Gasteiger partial charge in [0.1, 0.15) is 11.6 Å². The number of benzene rings is 1. The number of aryl methyl sites for hydroxylation is 2. The fourth-order valence-corrected chi connectivity index (χ4v) is 3.18. The Bertz CT molecular complexity index is 1440. The van der Waals surface area contributed by atoms with Crippen molar-refractivity contribution in [2.24, 2.45) is 0 Å². The van der Waals surface area contributed by atoms with Crippen LogP contribution in [0.1, 0.15) is 17.0 Å². The number of halogens is 3. The summed E-state index contributed by atoms with van der Waals surface area (Å²) in [7, 11) is 3.20. The topological polar surface area (TPSA) is 136 Å². The van der Waals surface area contributed by atoms with E-state index in [-0.39, 0.29) is 0 Å². The zero-order valence-electron chi connectivity index (χ0n) is 21.7. The minimum absolute atomic E-state index is 0.444. The maximum atomic E-state index is 10.6. The highest BCUT2D eigenvalue weighted by Crippen LogP contribution is 2.31. The normalized spacial score (nSPS) is 10.8. The first kappa shape index (κ1) is 28.7. The van der Waals surface area contributed by atoms with E-state index in [9.17, 15) is 13.2 Å². The van der Waals surface area contributed by atoms with Crippen LogP contribution < -0.4 is 20.1 Å². The quantitative estimate of drug-likeness (QED) is 0.287. The van der Waals surface area contributed by atoms with Crippen molar-refractivity contribution in [3.8, 4) is 17.2 Å². The molecule has 206 valence electrons. The number of carbonyl (C=O) groups is 1. The largest absolute Gasteiger partial charge is 0.493 e. The molecule has 4 aromatic rings. The van der Waals surface area contributed by atoms with Crippen molar-refractivity contribution in [2.45, 2.75) is 26.9 Å². The monoisotopic (exact) mass is 545 g/mol. The molecule has 39 heavy (non-hydrogen) atoms. The molecule has 0 atom stereocenters. The second-order valence-electron chi connectivity index (χ2n) is 8.02. The predicted molar refractivity (Wildman–Crippen MR) is 137 cm³/mol. The van der Waals surface area contributed by atoms with Crippen molar-refractivity contribution in [3.63, 3.8) is 0 Å². The maximum absolute atomic E-state index is 10.6. The number of aliphatic carboxylic acids is 1. The highest BCUT2D eigenvalue weighted by molar-refractivity contribution is 5.73. The molecule has 4 rings (SSSR count). The molecule has 14 heteroatoms. The van der Waals surface area contributed by atoms with Crippen LogP contribution in [0.3, 0.4) is 0 Å². The number of nitrogens with zero attached hydrogens (tertiary/aromatic N) is 5. The zero-order chi connectivity index (χ0) is 28.7. The molecular weight excluding hydrogens is 519 g/mol. The molecule has 3 N–H and O–H groups in total. The Hall–Kier alpha value is -4.88. The van der Waals surface area contributed by atoms with Gasteiger partial charge >= 0.3 is 12.1 Å². The third kappa shape index (κ3) is 7.34. The van der Waals surface area contributed by atoms with Gasteiger partial charge in [0.25, 0.3) is 0 Å². The van der Waals surface area contributed by atoms with Crippen LogP contribution in [0.2, 0.25) is 0 Å². The highest BCUT2D eigenvalue weighted by Gasteiger charge is 2.38. The fraction of sp³-hybridized carbons (Fsp3) is 0.240. The van der Waals surface area contributed by atoms with E-state index in [2.05, 4.69) is 30.7 Å². The molecule has 0 aliphatic heterocycles. The van der Waals surface area contributed by atoms with Crippen LogP contribution in [-0.4, -0.2) is 56.2 Å². The highest BCUT2D eigenvalue weighted by atomic mass is 19.4. The second kappa shape index (κ2) is 12.1. The Morgan fingerprint density at radius 1 is 0.974 bits per heavy atom. The molecule has 11 nitrogen and oxygen atoms in total. The molecule has 0 amide bonds. The van der Waals surface area contributed by atoms with Crippen LogP contribution in [0, 0.1) is 20.8 Å². The summed E-state index contributed by atoms with van der Waals surface area (Å²) in [5.41, 5.74) is 4.55. The van der Waals surface area contributed by atoms with Gasteiger partial charge < -0.3 is 25.2 Å². The Morgan fingerprint density at radius 3 is 2.26 bits per heavy atom. The second-order valence-corrected chi connectivity index (χ2v) is 8.02. The van der Waals surface area contributed by atoms with E-state index in [4.69, 9.17) is 19.4 Å². The molecule has 0 aliphatic carbocycles. The Morgan fingerprint density at radius 2 is 1.67 bits per heavy atom. The number of alkyl halides is 3. The predicted octanol–water partition coefficient (Wildman–Crippen LogP) is 5.12.